The zero-order valence-electron chi connectivity index (χ0n) is 13.4. The maximum Gasteiger partial charge on any atom is 0.240 e. The van der Waals surface area contributed by atoms with Crippen molar-refractivity contribution in [1.82, 2.24) is 14.7 Å². The first-order valence-corrected chi connectivity index (χ1v) is 9.07. The molecule has 0 amide bonds. The summed E-state index contributed by atoms with van der Waals surface area (Å²) in [7, 11) is -3.62. The van der Waals surface area contributed by atoms with Crippen LogP contribution >= 0.6 is 0 Å². The van der Waals surface area contributed by atoms with Crippen LogP contribution in [0.25, 0.3) is 22.2 Å². The number of fused-ring (bicyclic) bond motifs is 1. The van der Waals surface area contributed by atoms with Crippen molar-refractivity contribution in [3.63, 3.8) is 0 Å². The highest BCUT2D eigenvalue weighted by molar-refractivity contribution is 7.89. The van der Waals surface area contributed by atoms with E-state index in [-0.39, 0.29) is 11.4 Å². The summed E-state index contributed by atoms with van der Waals surface area (Å²) in [4.78, 5) is 7.66. The molecule has 0 bridgehead atoms. The van der Waals surface area contributed by atoms with Crippen LogP contribution < -0.4 is 4.72 Å². The summed E-state index contributed by atoms with van der Waals surface area (Å²) in [6.45, 7) is 3.48. The lowest BCUT2D eigenvalue weighted by molar-refractivity contribution is 0.198. The Balaban J connectivity index is 1.94. The highest BCUT2D eigenvalue weighted by Crippen LogP contribution is 2.28. The first-order chi connectivity index (χ1) is 11.4. The number of aromatic nitrogens is 2. The van der Waals surface area contributed by atoms with Gasteiger partial charge >= 0.3 is 0 Å². The van der Waals surface area contributed by atoms with Gasteiger partial charge in [-0.25, -0.2) is 18.1 Å². The molecular formula is C17H19N3O3S. The van der Waals surface area contributed by atoms with Crippen LogP contribution in [0.2, 0.25) is 0 Å². The number of aryl methyl sites for hydroxylation is 1. The van der Waals surface area contributed by atoms with Gasteiger partial charge in [-0.2, -0.15) is 0 Å². The zero-order chi connectivity index (χ0) is 17.3. The normalized spacial score (nSPS) is 13.3. The molecule has 0 saturated carbocycles. The number of aliphatic hydroxyl groups excluding tert-OH is 1. The maximum absolute atomic E-state index is 12.2. The van der Waals surface area contributed by atoms with E-state index in [1.807, 2.05) is 19.1 Å². The summed E-state index contributed by atoms with van der Waals surface area (Å²) in [5.41, 5.74) is 3.73. The van der Waals surface area contributed by atoms with Gasteiger partial charge in [-0.3, -0.25) is 0 Å². The number of aliphatic hydroxyl groups is 1. The largest absolute Gasteiger partial charge is 0.392 e. The van der Waals surface area contributed by atoms with E-state index in [4.69, 9.17) is 0 Å². The number of pyridine rings is 1. The Labute approximate surface area is 140 Å². The lowest BCUT2D eigenvalue weighted by atomic mass is 10.0. The van der Waals surface area contributed by atoms with Crippen LogP contribution in [0, 0.1) is 6.92 Å². The van der Waals surface area contributed by atoms with Gasteiger partial charge in [0.15, 0.2) is 0 Å². The fourth-order valence-corrected chi connectivity index (χ4v) is 3.66. The number of benzene rings is 1. The molecule has 1 atom stereocenters. The molecule has 7 heteroatoms. The Kier molecular flexibility index (Phi) is 4.40. The van der Waals surface area contributed by atoms with Crippen molar-refractivity contribution in [2.45, 2.75) is 24.8 Å². The molecule has 3 aromatic rings. The third-order valence-corrected chi connectivity index (χ3v) is 5.15. The number of rotatable bonds is 5. The average molecular weight is 345 g/mol. The molecule has 0 saturated heterocycles. The van der Waals surface area contributed by atoms with E-state index in [2.05, 4.69) is 14.7 Å². The van der Waals surface area contributed by atoms with Crippen LogP contribution in [0.3, 0.4) is 0 Å². The van der Waals surface area contributed by atoms with Crippen molar-refractivity contribution >= 4 is 21.1 Å². The van der Waals surface area contributed by atoms with Crippen LogP contribution in [-0.2, 0) is 10.0 Å². The van der Waals surface area contributed by atoms with Crippen LogP contribution in [0.4, 0.5) is 0 Å². The average Bonchev–Trinajstić information content (AvgIpc) is 2.93. The molecule has 126 valence electrons. The second-order valence-corrected chi connectivity index (χ2v) is 7.57. The van der Waals surface area contributed by atoms with Crippen molar-refractivity contribution in [3.8, 4) is 11.1 Å². The number of sulfonamides is 1. The van der Waals surface area contributed by atoms with Crippen molar-refractivity contribution in [2.75, 3.05) is 6.54 Å². The standard InChI is InChI=1S/C17H19N3O3S/c1-11-9-16-15(7-8-18-17(16)20-11)13-3-5-14(6-4-13)24(22,23)19-10-12(2)21/h3-9,12,19,21H,10H2,1-2H3,(H,18,20)/t12-/m1/s1. The Bertz CT molecular complexity index is 960. The number of nitrogens with zero attached hydrogens (tertiary/aromatic N) is 1. The minimum Gasteiger partial charge on any atom is -0.392 e. The summed E-state index contributed by atoms with van der Waals surface area (Å²) < 4.78 is 26.7. The van der Waals surface area contributed by atoms with Gasteiger partial charge in [-0.1, -0.05) is 12.1 Å². The lowest BCUT2D eigenvalue weighted by Crippen LogP contribution is -2.30. The number of aromatic amines is 1. The lowest BCUT2D eigenvalue weighted by Gasteiger charge is -2.09. The van der Waals surface area contributed by atoms with Crippen LogP contribution in [0.5, 0.6) is 0 Å². The van der Waals surface area contributed by atoms with E-state index >= 15 is 0 Å². The Morgan fingerprint density at radius 2 is 1.96 bits per heavy atom. The Hall–Kier alpha value is -2.22. The molecule has 1 aromatic carbocycles. The van der Waals surface area contributed by atoms with Gasteiger partial charge in [0.05, 0.1) is 11.0 Å². The van der Waals surface area contributed by atoms with Gasteiger partial charge in [-0.15, -0.1) is 0 Å². The fourth-order valence-electron chi connectivity index (χ4n) is 2.54. The van der Waals surface area contributed by atoms with E-state index in [0.717, 1.165) is 27.9 Å². The van der Waals surface area contributed by atoms with Crippen LogP contribution in [0.15, 0.2) is 47.5 Å². The summed E-state index contributed by atoms with van der Waals surface area (Å²) in [6, 6.07) is 10.6. The topological polar surface area (TPSA) is 95.1 Å². The molecule has 3 rings (SSSR count). The van der Waals surface area contributed by atoms with Crippen molar-refractivity contribution in [3.05, 3.63) is 48.3 Å². The van der Waals surface area contributed by atoms with Gasteiger partial charge in [0.1, 0.15) is 5.65 Å². The van der Waals surface area contributed by atoms with E-state index in [9.17, 15) is 13.5 Å². The van der Waals surface area contributed by atoms with Gasteiger partial charge in [0, 0.05) is 23.8 Å². The molecule has 0 fully saturated rings. The SMILES string of the molecule is Cc1cc2c(-c3ccc(S(=O)(=O)NC[C@@H](C)O)cc3)ccnc2[nH]1. The summed E-state index contributed by atoms with van der Waals surface area (Å²) in [6.07, 6.45) is 0.989. The molecule has 6 nitrogen and oxygen atoms in total. The second kappa shape index (κ2) is 6.35. The molecule has 0 unspecified atom stereocenters. The third-order valence-electron chi connectivity index (χ3n) is 3.71. The fraction of sp³-hybridized carbons (Fsp3) is 0.235. The van der Waals surface area contributed by atoms with Gasteiger partial charge in [-0.05, 0) is 49.2 Å². The molecule has 0 radical (unpaired) electrons. The molecule has 0 aliphatic heterocycles. The summed E-state index contributed by atoms with van der Waals surface area (Å²) in [5, 5.41) is 10.2. The number of hydrogen-bond acceptors (Lipinski definition) is 4. The first-order valence-electron chi connectivity index (χ1n) is 7.59. The van der Waals surface area contributed by atoms with E-state index in [0.29, 0.717) is 0 Å². The highest BCUT2D eigenvalue weighted by Gasteiger charge is 2.15. The minimum absolute atomic E-state index is 0.0162. The van der Waals surface area contributed by atoms with Gasteiger partial charge < -0.3 is 10.1 Å². The second-order valence-electron chi connectivity index (χ2n) is 5.80. The molecular weight excluding hydrogens is 326 g/mol. The molecule has 2 aromatic heterocycles. The highest BCUT2D eigenvalue weighted by atomic mass is 32.2. The zero-order valence-corrected chi connectivity index (χ0v) is 14.3. The van der Waals surface area contributed by atoms with Crippen molar-refractivity contribution in [1.29, 1.82) is 0 Å². The van der Waals surface area contributed by atoms with Gasteiger partial charge in [0.25, 0.3) is 0 Å². The molecule has 3 N–H and O–H groups in total. The van der Waals surface area contributed by atoms with E-state index in [1.54, 1.807) is 30.5 Å². The number of nitrogens with one attached hydrogen (secondary N) is 2. The van der Waals surface area contributed by atoms with Crippen molar-refractivity contribution in [2.24, 2.45) is 0 Å². The number of H-pyrrole nitrogens is 1. The molecule has 0 aliphatic rings. The summed E-state index contributed by atoms with van der Waals surface area (Å²) >= 11 is 0. The molecule has 24 heavy (non-hydrogen) atoms. The first kappa shape index (κ1) is 16.6. The summed E-state index contributed by atoms with van der Waals surface area (Å²) in [5.74, 6) is 0. The smallest absolute Gasteiger partial charge is 0.240 e. The predicted molar refractivity (Wildman–Crippen MR) is 93.1 cm³/mol. The van der Waals surface area contributed by atoms with Crippen LogP contribution in [-0.4, -0.2) is 36.1 Å². The maximum atomic E-state index is 12.2. The van der Waals surface area contributed by atoms with E-state index < -0.39 is 16.1 Å². The molecule has 2 heterocycles. The third kappa shape index (κ3) is 3.33. The van der Waals surface area contributed by atoms with Gasteiger partial charge in [0.2, 0.25) is 10.0 Å². The Morgan fingerprint density at radius 3 is 2.62 bits per heavy atom. The quantitative estimate of drug-likeness (QED) is 0.660. The van der Waals surface area contributed by atoms with Crippen LogP contribution in [0.1, 0.15) is 12.6 Å². The predicted octanol–water partition coefficient (Wildman–Crippen LogP) is 2.20. The van der Waals surface area contributed by atoms with Crippen molar-refractivity contribution < 1.29 is 13.5 Å². The Morgan fingerprint density at radius 1 is 1.25 bits per heavy atom. The number of hydrogen-bond donors (Lipinski definition) is 3. The molecule has 0 spiro atoms. The monoisotopic (exact) mass is 345 g/mol. The molecule has 0 aliphatic carbocycles. The minimum atomic E-state index is -3.62. The van der Waals surface area contributed by atoms with E-state index in [1.165, 1.54) is 6.92 Å².